The molecule has 1 rings (SSSR count). The van der Waals surface area contributed by atoms with E-state index in [1.54, 1.807) is 6.08 Å². The predicted molar refractivity (Wildman–Crippen MR) is 49.5 cm³/mol. The normalized spacial score (nSPS) is 10.5. The fraction of sp³-hybridized carbons (Fsp3) is 0. The molecule has 1 heterocycles. The van der Waals surface area contributed by atoms with E-state index in [0.29, 0.717) is 0 Å². The van der Waals surface area contributed by atoms with E-state index in [2.05, 4.69) is 44.6 Å². The van der Waals surface area contributed by atoms with Crippen molar-refractivity contribution in [3.8, 4) is 0 Å². The van der Waals surface area contributed by atoms with Crippen molar-refractivity contribution in [2.75, 3.05) is 0 Å². The van der Waals surface area contributed by atoms with Gasteiger partial charge in [-0.25, -0.2) is 0 Å². The average molecular weight is 247 g/mol. The molecule has 0 unspecified atom stereocenters. The molecule has 1 aromatic heterocycles. The summed E-state index contributed by atoms with van der Waals surface area (Å²) in [6.07, 6.45) is 3.52. The van der Waals surface area contributed by atoms with Crippen LogP contribution in [0.2, 0.25) is 0 Å². The first kappa shape index (κ1) is 7.46. The Morgan fingerprint density at radius 1 is 1.40 bits per heavy atom. The Bertz CT molecular complexity index is 251. The van der Waals surface area contributed by atoms with Crippen LogP contribution in [-0.4, -0.2) is 15.4 Å². The van der Waals surface area contributed by atoms with Gasteiger partial charge in [0.2, 0.25) is 0 Å². The zero-order valence-electron chi connectivity index (χ0n) is 5.21. The van der Waals surface area contributed by atoms with Crippen LogP contribution >= 0.6 is 22.6 Å². The zero-order valence-corrected chi connectivity index (χ0v) is 7.37. The molecule has 0 saturated carbocycles. The van der Waals surface area contributed by atoms with E-state index < -0.39 is 0 Å². The van der Waals surface area contributed by atoms with Crippen LogP contribution in [0, 0.1) is 0 Å². The molecule has 3 nitrogen and oxygen atoms in total. The van der Waals surface area contributed by atoms with Gasteiger partial charge in [-0.2, -0.15) is 15.4 Å². The molecule has 0 aromatic carbocycles. The molecule has 52 valence electrons. The second-order valence-corrected chi connectivity index (χ2v) is 2.31. The highest BCUT2D eigenvalue weighted by atomic mass is 127. The van der Waals surface area contributed by atoms with Crippen molar-refractivity contribution < 1.29 is 0 Å². The van der Waals surface area contributed by atoms with Crippen molar-refractivity contribution in [2.45, 2.75) is 0 Å². The first-order chi connectivity index (χ1) is 4.88. The van der Waals surface area contributed by atoms with Gasteiger partial charge in [0.15, 0.2) is 0 Å². The van der Waals surface area contributed by atoms with Crippen molar-refractivity contribution >= 4 is 34.7 Å². The van der Waals surface area contributed by atoms with E-state index in [9.17, 15) is 0 Å². The summed E-state index contributed by atoms with van der Waals surface area (Å²) >= 11 is 2.12. The van der Waals surface area contributed by atoms with Gasteiger partial charge >= 0.3 is 0 Å². The molecule has 0 fully saturated rings. The topological polar surface area (TPSA) is 41.6 Å². The van der Waals surface area contributed by atoms with Gasteiger partial charge in [-0.3, -0.25) is 0 Å². The highest BCUT2D eigenvalue weighted by Crippen LogP contribution is 2.05. The summed E-state index contributed by atoms with van der Waals surface area (Å²) < 4.78 is 1.88. The van der Waals surface area contributed by atoms with Gasteiger partial charge in [0.1, 0.15) is 11.4 Å². The van der Waals surface area contributed by atoms with E-state index in [-0.39, 0.29) is 0 Å². The lowest BCUT2D eigenvalue weighted by atomic mass is 10.3. The molecule has 0 spiro atoms. The van der Waals surface area contributed by atoms with E-state index in [1.807, 2.05) is 10.2 Å². The summed E-state index contributed by atoms with van der Waals surface area (Å²) in [6.45, 7) is 3.59. The van der Waals surface area contributed by atoms with E-state index >= 15 is 0 Å². The lowest BCUT2D eigenvalue weighted by Gasteiger charge is -1.81. The molecule has 1 N–H and O–H groups in total. The first-order valence-electron chi connectivity index (χ1n) is 2.68. The Morgan fingerprint density at radius 3 is 2.70 bits per heavy atom. The summed E-state index contributed by atoms with van der Waals surface area (Å²) in [5.74, 6) is 0. The Balaban J connectivity index is 3.00. The Hall–Kier alpha value is -0.650. The van der Waals surface area contributed by atoms with Gasteiger partial charge < -0.3 is 0 Å². The highest BCUT2D eigenvalue weighted by Gasteiger charge is 1.97. The van der Waals surface area contributed by atoms with E-state index in [0.717, 1.165) is 11.4 Å². The second-order valence-electron chi connectivity index (χ2n) is 1.59. The van der Waals surface area contributed by atoms with Crippen molar-refractivity contribution in [2.24, 2.45) is 0 Å². The van der Waals surface area contributed by atoms with Crippen LogP contribution in [0.1, 0.15) is 11.4 Å². The number of nitrogens with one attached hydrogen (secondary N) is 1. The van der Waals surface area contributed by atoms with Gasteiger partial charge in [0.25, 0.3) is 0 Å². The second kappa shape index (κ2) is 3.50. The van der Waals surface area contributed by atoms with Crippen LogP contribution < -0.4 is 0 Å². The Morgan fingerprint density at radius 2 is 2.10 bits per heavy atom. The van der Waals surface area contributed by atoms with Crippen molar-refractivity contribution in [1.29, 1.82) is 0 Å². The summed E-state index contributed by atoms with van der Waals surface area (Å²) in [7, 11) is 0. The van der Waals surface area contributed by atoms with Gasteiger partial charge in [0.05, 0.1) is 0 Å². The molecule has 0 aliphatic heterocycles. The summed E-state index contributed by atoms with van der Waals surface area (Å²) in [5.41, 5.74) is 1.61. The molecular formula is C6H6IN3. The summed E-state index contributed by atoms with van der Waals surface area (Å²) in [5, 5.41) is 10.2. The number of nitrogens with zero attached hydrogens (tertiary/aromatic N) is 2. The quantitative estimate of drug-likeness (QED) is 0.810. The Labute approximate surface area is 72.4 Å². The number of hydrogen-bond acceptors (Lipinski definition) is 2. The highest BCUT2D eigenvalue weighted by molar-refractivity contribution is 14.1. The third-order valence-corrected chi connectivity index (χ3v) is 1.38. The van der Waals surface area contributed by atoms with Gasteiger partial charge in [-0.05, 0) is 16.2 Å². The molecule has 0 atom stereocenters. The molecule has 4 heteroatoms. The minimum atomic E-state index is 0.785. The third-order valence-electron chi connectivity index (χ3n) is 1.02. The maximum Gasteiger partial charge on any atom is 0.113 e. The molecule has 0 radical (unpaired) electrons. The largest absolute Gasteiger partial charge is 0.197 e. The summed E-state index contributed by atoms with van der Waals surface area (Å²) in [4.78, 5) is 0. The van der Waals surface area contributed by atoms with Crippen LogP contribution in [0.15, 0.2) is 10.7 Å². The van der Waals surface area contributed by atoms with Gasteiger partial charge in [0, 0.05) is 0 Å². The average Bonchev–Trinajstić information content (AvgIpc) is 2.36. The molecule has 0 saturated heterocycles. The molecule has 1 aromatic rings. The molecule has 0 bridgehead atoms. The molecule has 0 aliphatic rings. The van der Waals surface area contributed by atoms with Crippen LogP contribution in [0.25, 0.3) is 12.2 Å². The predicted octanol–water partition coefficient (Wildman–Crippen LogP) is 1.85. The van der Waals surface area contributed by atoms with Crippen molar-refractivity contribution in [3.05, 3.63) is 22.0 Å². The molecular weight excluding hydrogens is 241 g/mol. The number of halogens is 1. The van der Waals surface area contributed by atoms with Crippen LogP contribution in [0.3, 0.4) is 0 Å². The zero-order chi connectivity index (χ0) is 7.40. The molecule has 0 aliphatic carbocycles. The van der Waals surface area contributed by atoms with Crippen LogP contribution in [0.5, 0.6) is 0 Å². The lowest BCUT2D eigenvalue weighted by molar-refractivity contribution is 0.935. The van der Waals surface area contributed by atoms with E-state index in [1.165, 1.54) is 0 Å². The fourth-order valence-electron chi connectivity index (χ4n) is 0.580. The van der Waals surface area contributed by atoms with Crippen molar-refractivity contribution in [1.82, 2.24) is 15.4 Å². The van der Waals surface area contributed by atoms with Crippen LogP contribution in [-0.2, 0) is 0 Å². The third kappa shape index (κ3) is 1.44. The van der Waals surface area contributed by atoms with Gasteiger partial charge in [-0.15, -0.1) is 0 Å². The molecule has 0 amide bonds. The summed E-state index contributed by atoms with van der Waals surface area (Å²) in [6, 6.07) is 0. The molecule has 10 heavy (non-hydrogen) atoms. The van der Waals surface area contributed by atoms with Gasteiger partial charge in [-0.1, -0.05) is 29.2 Å². The smallest absolute Gasteiger partial charge is 0.113 e. The maximum atomic E-state index is 3.88. The standard InChI is InChI=1S/C6H6IN3/c1-2-5-6(3-4-7)9-10-8-5/h2-4H,1H2,(H,8,9,10)/b4-3-. The number of aromatic nitrogens is 3. The van der Waals surface area contributed by atoms with E-state index in [4.69, 9.17) is 0 Å². The number of rotatable bonds is 2. The number of H-pyrrole nitrogens is 1. The Kier molecular flexibility index (Phi) is 2.61. The minimum Gasteiger partial charge on any atom is -0.197 e. The number of aromatic amines is 1. The first-order valence-corrected chi connectivity index (χ1v) is 3.93. The lowest BCUT2D eigenvalue weighted by Crippen LogP contribution is -1.74. The van der Waals surface area contributed by atoms with Crippen molar-refractivity contribution in [3.63, 3.8) is 0 Å². The fourth-order valence-corrected chi connectivity index (χ4v) is 0.920. The minimum absolute atomic E-state index is 0.785. The SMILES string of the molecule is C=Cc1n[nH]nc1/C=C\I. The number of hydrogen-bond donors (Lipinski definition) is 1. The monoisotopic (exact) mass is 247 g/mol. The van der Waals surface area contributed by atoms with Crippen LogP contribution in [0.4, 0.5) is 0 Å². The maximum absolute atomic E-state index is 3.88.